The Kier molecular flexibility index (Phi) is 6.35. The van der Waals surface area contributed by atoms with Crippen LogP contribution in [0.1, 0.15) is 44.6 Å². The van der Waals surface area contributed by atoms with E-state index in [1.807, 2.05) is 31.2 Å². The lowest BCUT2D eigenvalue weighted by atomic mass is 9.78. The van der Waals surface area contributed by atoms with E-state index in [0.29, 0.717) is 41.1 Å². The molecule has 1 fully saturated rings. The van der Waals surface area contributed by atoms with Crippen LogP contribution in [0.15, 0.2) is 28.8 Å². The Balaban J connectivity index is 1.46. The van der Waals surface area contributed by atoms with Gasteiger partial charge in [0, 0.05) is 11.6 Å². The van der Waals surface area contributed by atoms with Crippen LogP contribution in [0.4, 0.5) is 0 Å². The maximum Gasteiger partial charge on any atom is 0.236 e. The van der Waals surface area contributed by atoms with Gasteiger partial charge in [-0.25, -0.2) is 0 Å². The van der Waals surface area contributed by atoms with E-state index in [2.05, 4.69) is 29.3 Å². The van der Waals surface area contributed by atoms with Crippen molar-refractivity contribution in [1.82, 2.24) is 15.5 Å². The highest BCUT2D eigenvalue weighted by Gasteiger charge is 2.28. The number of benzene rings is 1. The van der Waals surface area contributed by atoms with Gasteiger partial charge < -0.3 is 9.84 Å². The molecule has 1 aliphatic carbocycles. The maximum absolute atomic E-state index is 12.2. The molecule has 1 amide bonds. The van der Waals surface area contributed by atoms with Crippen molar-refractivity contribution in [2.24, 2.45) is 11.8 Å². The Morgan fingerprint density at radius 2 is 2.12 bits per heavy atom. The first-order chi connectivity index (χ1) is 12.5. The highest BCUT2D eigenvalue weighted by molar-refractivity contribution is 7.99. The van der Waals surface area contributed by atoms with Gasteiger partial charge in [0.2, 0.25) is 17.6 Å². The summed E-state index contributed by atoms with van der Waals surface area (Å²) < 4.78 is 5.32. The second-order valence-corrected chi connectivity index (χ2v) is 8.25. The number of nitrogens with one attached hydrogen (secondary N) is 1. The molecule has 1 saturated carbocycles. The minimum Gasteiger partial charge on any atom is -0.352 e. The third-order valence-corrected chi connectivity index (χ3v) is 6.28. The number of hydrogen-bond acceptors (Lipinski definition) is 5. The molecular weight excluding hydrogens is 346 g/mol. The van der Waals surface area contributed by atoms with Crippen molar-refractivity contribution in [3.63, 3.8) is 0 Å². The number of aromatic nitrogens is 2. The van der Waals surface area contributed by atoms with Crippen LogP contribution >= 0.6 is 11.8 Å². The van der Waals surface area contributed by atoms with Gasteiger partial charge >= 0.3 is 0 Å². The average molecular weight is 374 g/mol. The van der Waals surface area contributed by atoms with E-state index in [4.69, 9.17) is 4.52 Å². The Hall–Kier alpha value is -1.82. The van der Waals surface area contributed by atoms with E-state index in [1.54, 1.807) is 0 Å². The fourth-order valence-electron chi connectivity index (χ4n) is 3.51. The molecule has 0 radical (unpaired) electrons. The summed E-state index contributed by atoms with van der Waals surface area (Å²) in [6.07, 6.45) is 3.56. The highest BCUT2D eigenvalue weighted by atomic mass is 32.2. The fourth-order valence-corrected chi connectivity index (χ4v) is 4.17. The lowest BCUT2D eigenvalue weighted by Crippen LogP contribution is -2.44. The van der Waals surface area contributed by atoms with Crippen LogP contribution in [0.5, 0.6) is 0 Å². The van der Waals surface area contributed by atoms with Crippen molar-refractivity contribution in [3.8, 4) is 11.4 Å². The average Bonchev–Trinajstić information content (AvgIpc) is 3.08. The largest absolute Gasteiger partial charge is 0.352 e. The molecule has 5 nitrogen and oxygen atoms in total. The number of rotatable bonds is 6. The zero-order chi connectivity index (χ0) is 18.5. The molecule has 1 heterocycles. The second-order valence-electron chi connectivity index (χ2n) is 7.26. The van der Waals surface area contributed by atoms with Crippen LogP contribution in [0.3, 0.4) is 0 Å². The molecule has 1 N–H and O–H groups in total. The van der Waals surface area contributed by atoms with Gasteiger partial charge in [0.15, 0.2) is 0 Å². The summed E-state index contributed by atoms with van der Waals surface area (Å²) >= 11 is 1.51. The zero-order valence-corrected chi connectivity index (χ0v) is 16.5. The Morgan fingerprint density at radius 1 is 1.31 bits per heavy atom. The molecule has 6 heteroatoms. The number of nitrogens with zero attached hydrogens (tertiary/aromatic N) is 2. The van der Waals surface area contributed by atoms with Gasteiger partial charge in [-0.2, -0.15) is 4.98 Å². The predicted octanol–water partition coefficient (Wildman–Crippen LogP) is 4.22. The van der Waals surface area contributed by atoms with Crippen LogP contribution in [-0.4, -0.2) is 27.8 Å². The quantitative estimate of drug-likeness (QED) is 0.821. The molecular formula is C20H27N3O2S. The lowest BCUT2D eigenvalue weighted by molar-refractivity contribution is -0.119. The lowest BCUT2D eigenvalue weighted by Gasteiger charge is -2.34. The van der Waals surface area contributed by atoms with Crippen molar-refractivity contribution in [3.05, 3.63) is 35.7 Å². The Morgan fingerprint density at radius 3 is 2.92 bits per heavy atom. The molecule has 0 bridgehead atoms. The monoisotopic (exact) mass is 373 g/mol. The van der Waals surface area contributed by atoms with E-state index in [0.717, 1.165) is 17.5 Å². The molecule has 0 aliphatic heterocycles. The summed E-state index contributed by atoms with van der Waals surface area (Å²) in [5.74, 6) is 3.45. The SMILES string of the molecule is Cc1ccccc1-c1noc(CSCC(=O)N[C@@H]2CCC[C@H](C)[C@@H]2C)n1. The van der Waals surface area contributed by atoms with Gasteiger partial charge in [-0.1, -0.05) is 56.1 Å². The highest BCUT2D eigenvalue weighted by Crippen LogP contribution is 2.29. The third-order valence-electron chi connectivity index (χ3n) is 5.37. The predicted molar refractivity (Wildman–Crippen MR) is 105 cm³/mol. The van der Waals surface area contributed by atoms with Crippen molar-refractivity contribution in [2.45, 2.75) is 51.8 Å². The van der Waals surface area contributed by atoms with E-state index in [1.165, 1.54) is 24.6 Å². The number of aryl methyl sites for hydroxylation is 1. The van der Waals surface area contributed by atoms with Gasteiger partial charge in [0.1, 0.15) is 0 Å². The van der Waals surface area contributed by atoms with Crippen molar-refractivity contribution < 1.29 is 9.32 Å². The van der Waals surface area contributed by atoms with Gasteiger partial charge in [-0.15, -0.1) is 11.8 Å². The minimum atomic E-state index is 0.0968. The first kappa shape index (κ1) is 19.0. The van der Waals surface area contributed by atoms with Gasteiger partial charge in [-0.05, 0) is 30.7 Å². The van der Waals surface area contributed by atoms with Crippen molar-refractivity contribution in [2.75, 3.05) is 5.75 Å². The van der Waals surface area contributed by atoms with Crippen molar-refractivity contribution >= 4 is 17.7 Å². The van der Waals surface area contributed by atoms with Crippen LogP contribution < -0.4 is 5.32 Å². The van der Waals surface area contributed by atoms with Gasteiger partial charge in [0.05, 0.1) is 11.5 Å². The Bertz CT molecular complexity index is 746. The molecule has 1 aromatic carbocycles. The molecule has 3 atom stereocenters. The molecule has 2 aromatic rings. The summed E-state index contributed by atoms with van der Waals surface area (Å²) in [5, 5.41) is 7.25. The molecule has 140 valence electrons. The van der Waals surface area contributed by atoms with Crippen LogP contribution in [-0.2, 0) is 10.5 Å². The third kappa shape index (κ3) is 4.67. The standard InChI is InChI=1S/C20H27N3O2S/c1-13-8-6-10-17(15(13)3)21-18(24)11-26-12-19-22-20(23-25-19)16-9-5-4-7-14(16)2/h4-5,7,9,13,15,17H,6,8,10-12H2,1-3H3,(H,21,24)/t13-,15-,17+/m0/s1. The summed E-state index contributed by atoms with van der Waals surface area (Å²) in [5.41, 5.74) is 2.09. The van der Waals surface area contributed by atoms with E-state index < -0.39 is 0 Å². The number of thioether (sulfide) groups is 1. The molecule has 1 aliphatic rings. The number of hydrogen-bond donors (Lipinski definition) is 1. The van der Waals surface area contributed by atoms with E-state index in [-0.39, 0.29) is 5.91 Å². The molecule has 3 rings (SSSR count). The molecule has 0 saturated heterocycles. The maximum atomic E-state index is 12.2. The number of amides is 1. The molecule has 0 spiro atoms. The smallest absolute Gasteiger partial charge is 0.236 e. The normalized spacial score (nSPS) is 23.0. The number of carbonyl (C=O) groups excluding carboxylic acids is 1. The van der Waals surface area contributed by atoms with E-state index >= 15 is 0 Å². The topological polar surface area (TPSA) is 68.0 Å². The minimum absolute atomic E-state index is 0.0968. The summed E-state index contributed by atoms with van der Waals surface area (Å²) in [6, 6.07) is 8.27. The van der Waals surface area contributed by atoms with Crippen LogP contribution in [0.2, 0.25) is 0 Å². The van der Waals surface area contributed by atoms with Crippen molar-refractivity contribution in [1.29, 1.82) is 0 Å². The molecule has 1 aromatic heterocycles. The van der Waals surface area contributed by atoms with E-state index in [9.17, 15) is 4.79 Å². The first-order valence-electron chi connectivity index (χ1n) is 9.30. The van der Waals surface area contributed by atoms with Crippen LogP contribution in [0, 0.1) is 18.8 Å². The van der Waals surface area contributed by atoms with Crippen LogP contribution in [0.25, 0.3) is 11.4 Å². The first-order valence-corrected chi connectivity index (χ1v) is 10.5. The second kappa shape index (κ2) is 8.71. The number of carbonyl (C=O) groups is 1. The molecule has 0 unspecified atom stereocenters. The fraction of sp³-hybridized carbons (Fsp3) is 0.550. The van der Waals surface area contributed by atoms with Gasteiger partial charge in [-0.3, -0.25) is 4.79 Å². The summed E-state index contributed by atoms with van der Waals surface area (Å²) in [6.45, 7) is 6.55. The van der Waals surface area contributed by atoms with Gasteiger partial charge in [0.25, 0.3) is 0 Å². The molecule has 26 heavy (non-hydrogen) atoms. The Labute approximate surface area is 159 Å². The summed E-state index contributed by atoms with van der Waals surface area (Å²) in [4.78, 5) is 16.7. The zero-order valence-electron chi connectivity index (χ0n) is 15.7. The summed E-state index contributed by atoms with van der Waals surface area (Å²) in [7, 11) is 0.